The van der Waals surface area contributed by atoms with E-state index in [0.717, 1.165) is 64.6 Å². The van der Waals surface area contributed by atoms with Crippen LogP contribution >= 0.6 is 0 Å². The quantitative estimate of drug-likeness (QED) is 0.259. The highest BCUT2D eigenvalue weighted by atomic mass is 19.2. The Morgan fingerprint density at radius 3 is 2.88 bits per heavy atom. The summed E-state index contributed by atoms with van der Waals surface area (Å²) in [5.41, 5.74) is 3.53. The van der Waals surface area contributed by atoms with Crippen molar-refractivity contribution in [3.8, 4) is 11.8 Å². The number of nitrogens with zero attached hydrogens (tertiary/aromatic N) is 3. The lowest BCUT2D eigenvalue weighted by Gasteiger charge is -2.08. The normalized spacial score (nSPS) is 14.7. The molecule has 1 unspecified atom stereocenters. The van der Waals surface area contributed by atoms with E-state index in [1.165, 1.54) is 36.0 Å². The number of hydrogen-bond acceptors (Lipinski definition) is 5. The van der Waals surface area contributed by atoms with E-state index in [1.807, 2.05) is 24.4 Å². The molecule has 1 fully saturated rings. The molecule has 6 rings (SSSR count). The van der Waals surface area contributed by atoms with Crippen molar-refractivity contribution in [2.24, 2.45) is 5.92 Å². The highest BCUT2D eigenvalue weighted by Crippen LogP contribution is 2.29. The molecular formula is C32H28F2N6O2. The zero-order chi connectivity index (χ0) is 29.1. The zero-order valence-electron chi connectivity index (χ0n) is 22.7. The Labute approximate surface area is 240 Å². The average molecular weight is 567 g/mol. The number of carbonyl (C=O) groups is 1. The van der Waals surface area contributed by atoms with Gasteiger partial charge >= 0.3 is 0 Å². The lowest BCUT2D eigenvalue weighted by molar-refractivity contribution is 0.0956. The van der Waals surface area contributed by atoms with Crippen LogP contribution in [0.2, 0.25) is 0 Å². The van der Waals surface area contributed by atoms with Crippen LogP contribution in [0.25, 0.3) is 21.8 Å². The summed E-state index contributed by atoms with van der Waals surface area (Å²) in [5, 5.41) is 8.26. The van der Waals surface area contributed by atoms with Crippen LogP contribution in [0.1, 0.15) is 39.9 Å². The van der Waals surface area contributed by atoms with Crippen molar-refractivity contribution in [2.75, 3.05) is 19.6 Å². The molecule has 212 valence electrons. The molecule has 1 aliphatic rings. The molecule has 5 aromatic rings. The van der Waals surface area contributed by atoms with Crippen LogP contribution in [0.5, 0.6) is 0 Å². The SMILES string of the molecule is O=C(NCC#Cc1ccc2ncc3[nH]cc(CCC4CCNC4)c3c2c1)c1cncn(Cc2ccc(F)c(F)c2)c1=O. The smallest absolute Gasteiger partial charge is 0.266 e. The van der Waals surface area contributed by atoms with Gasteiger partial charge in [-0.2, -0.15) is 0 Å². The molecule has 1 aliphatic heterocycles. The van der Waals surface area contributed by atoms with Gasteiger partial charge in [-0.25, -0.2) is 13.8 Å². The Morgan fingerprint density at radius 1 is 1.14 bits per heavy atom. The number of benzene rings is 2. The number of aromatic amines is 1. The van der Waals surface area contributed by atoms with Crippen molar-refractivity contribution in [1.29, 1.82) is 0 Å². The van der Waals surface area contributed by atoms with Crippen LogP contribution < -0.4 is 16.2 Å². The van der Waals surface area contributed by atoms with Gasteiger partial charge in [-0.3, -0.25) is 19.1 Å². The van der Waals surface area contributed by atoms with Gasteiger partial charge in [-0.15, -0.1) is 0 Å². The van der Waals surface area contributed by atoms with Gasteiger partial charge in [-0.1, -0.05) is 17.9 Å². The fourth-order valence-electron chi connectivity index (χ4n) is 5.40. The van der Waals surface area contributed by atoms with Crippen LogP contribution in [-0.2, 0) is 13.0 Å². The number of amides is 1. The van der Waals surface area contributed by atoms with Crippen molar-refractivity contribution in [2.45, 2.75) is 25.8 Å². The number of aromatic nitrogens is 4. The van der Waals surface area contributed by atoms with E-state index in [9.17, 15) is 18.4 Å². The molecule has 3 N–H and O–H groups in total. The summed E-state index contributed by atoms with van der Waals surface area (Å²) in [6.07, 6.45) is 9.70. The fraction of sp³-hybridized carbons (Fsp3) is 0.250. The van der Waals surface area contributed by atoms with E-state index in [0.29, 0.717) is 11.5 Å². The van der Waals surface area contributed by atoms with Crippen molar-refractivity contribution >= 4 is 27.7 Å². The molecule has 1 amide bonds. The molecule has 0 saturated carbocycles. The minimum absolute atomic E-state index is 0.0155. The summed E-state index contributed by atoms with van der Waals surface area (Å²) < 4.78 is 27.9. The summed E-state index contributed by atoms with van der Waals surface area (Å²) in [6.45, 7) is 2.12. The molecule has 1 atom stereocenters. The maximum Gasteiger partial charge on any atom is 0.266 e. The van der Waals surface area contributed by atoms with Crippen LogP contribution in [-0.4, -0.2) is 45.1 Å². The number of hydrogen-bond donors (Lipinski definition) is 3. The lowest BCUT2D eigenvalue weighted by Crippen LogP contribution is -2.33. The topological polar surface area (TPSA) is 105 Å². The number of rotatable bonds is 7. The Morgan fingerprint density at radius 2 is 2.05 bits per heavy atom. The third-order valence-electron chi connectivity index (χ3n) is 7.63. The largest absolute Gasteiger partial charge is 0.360 e. The summed E-state index contributed by atoms with van der Waals surface area (Å²) in [6, 6.07) is 9.21. The van der Waals surface area contributed by atoms with Gasteiger partial charge in [0.2, 0.25) is 0 Å². The van der Waals surface area contributed by atoms with E-state index in [4.69, 9.17) is 0 Å². The number of nitrogens with one attached hydrogen (secondary N) is 3. The fourth-order valence-corrected chi connectivity index (χ4v) is 5.40. The third-order valence-corrected chi connectivity index (χ3v) is 7.63. The zero-order valence-corrected chi connectivity index (χ0v) is 22.7. The minimum atomic E-state index is -1.02. The number of carbonyl (C=O) groups excluding carboxylic acids is 1. The van der Waals surface area contributed by atoms with E-state index < -0.39 is 23.1 Å². The molecule has 0 radical (unpaired) electrons. The number of halogens is 2. The number of fused-ring (bicyclic) bond motifs is 3. The van der Waals surface area contributed by atoms with Gasteiger partial charge in [0, 0.05) is 28.7 Å². The molecule has 8 nitrogen and oxygen atoms in total. The molecule has 4 heterocycles. The summed E-state index contributed by atoms with van der Waals surface area (Å²) in [7, 11) is 0. The van der Waals surface area contributed by atoms with E-state index in [-0.39, 0.29) is 18.7 Å². The predicted molar refractivity (Wildman–Crippen MR) is 156 cm³/mol. The maximum atomic E-state index is 13.6. The van der Waals surface area contributed by atoms with Gasteiger partial charge in [0.05, 0.1) is 36.6 Å². The lowest BCUT2D eigenvalue weighted by atomic mass is 9.97. The monoisotopic (exact) mass is 566 g/mol. The molecule has 0 aliphatic carbocycles. The summed E-state index contributed by atoms with van der Waals surface area (Å²) >= 11 is 0. The maximum absolute atomic E-state index is 13.6. The summed E-state index contributed by atoms with van der Waals surface area (Å²) in [4.78, 5) is 37.4. The second-order valence-corrected chi connectivity index (χ2v) is 10.5. The van der Waals surface area contributed by atoms with Crippen LogP contribution in [0.4, 0.5) is 8.78 Å². The summed E-state index contributed by atoms with van der Waals surface area (Å²) in [5.74, 6) is 4.12. The van der Waals surface area contributed by atoms with Gasteiger partial charge in [0.25, 0.3) is 11.5 Å². The number of aryl methyl sites for hydroxylation is 1. The van der Waals surface area contributed by atoms with Gasteiger partial charge in [0.15, 0.2) is 11.6 Å². The molecule has 1 saturated heterocycles. The molecule has 10 heteroatoms. The third kappa shape index (κ3) is 5.78. The number of pyridine rings is 1. The van der Waals surface area contributed by atoms with Crippen LogP contribution in [0.15, 0.2) is 66.1 Å². The second kappa shape index (κ2) is 11.9. The van der Waals surface area contributed by atoms with Crippen molar-refractivity contribution < 1.29 is 13.6 Å². The number of H-pyrrole nitrogens is 1. The van der Waals surface area contributed by atoms with E-state index in [2.05, 4.69) is 43.6 Å². The van der Waals surface area contributed by atoms with E-state index >= 15 is 0 Å². The second-order valence-electron chi connectivity index (χ2n) is 10.5. The van der Waals surface area contributed by atoms with Crippen molar-refractivity contribution in [1.82, 2.24) is 30.2 Å². The van der Waals surface area contributed by atoms with Crippen LogP contribution in [0, 0.1) is 29.4 Å². The highest BCUT2D eigenvalue weighted by Gasteiger charge is 2.17. The Bertz CT molecular complexity index is 1910. The molecule has 42 heavy (non-hydrogen) atoms. The Kier molecular flexibility index (Phi) is 7.75. The first-order valence-electron chi connectivity index (χ1n) is 13.8. The first-order chi connectivity index (χ1) is 20.5. The first-order valence-corrected chi connectivity index (χ1v) is 13.8. The Hall–Kier alpha value is -4.88. The van der Waals surface area contributed by atoms with E-state index in [1.54, 1.807) is 0 Å². The molecular weight excluding hydrogens is 538 g/mol. The molecule has 3 aromatic heterocycles. The van der Waals surface area contributed by atoms with Gasteiger partial charge in [-0.05, 0) is 79.7 Å². The first kappa shape index (κ1) is 27.3. The van der Waals surface area contributed by atoms with Crippen molar-refractivity contribution in [3.63, 3.8) is 0 Å². The minimum Gasteiger partial charge on any atom is -0.360 e. The van der Waals surface area contributed by atoms with Crippen molar-refractivity contribution in [3.05, 3.63) is 106 Å². The standard InChI is InChI=1S/C32H28F2N6O2/c33-26-7-4-22(13-27(26)34)18-40-19-36-16-25(32(40)42)31(41)37-10-1-2-20-5-8-28-24(12-20)30-23(15-38-29(30)17-39-28)6-3-21-9-11-35-14-21/h4-5,7-8,12-13,15-17,19,21,35,38H,3,6,9-11,14,18H2,(H,37,41). The Balaban J connectivity index is 1.15. The molecule has 2 aromatic carbocycles. The van der Waals surface area contributed by atoms with Crippen LogP contribution in [0.3, 0.4) is 0 Å². The average Bonchev–Trinajstić information content (AvgIpc) is 3.67. The highest BCUT2D eigenvalue weighted by molar-refractivity contribution is 6.06. The van der Waals surface area contributed by atoms with Gasteiger partial charge < -0.3 is 15.6 Å². The molecule has 0 spiro atoms. The predicted octanol–water partition coefficient (Wildman–Crippen LogP) is 3.92. The molecule has 0 bridgehead atoms. The van der Waals surface area contributed by atoms with Gasteiger partial charge in [0.1, 0.15) is 5.56 Å².